The highest BCUT2D eigenvalue weighted by atomic mass is 32.1. The lowest BCUT2D eigenvalue weighted by molar-refractivity contribution is -0.137. The number of aromatic nitrogens is 1. The fraction of sp³-hybridized carbons (Fsp3) is 0.556. The third-order valence-corrected chi connectivity index (χ3v) is 2.60. The smallest absolute Gasteiger partial charge is 0.304 e. The van der Waals surface area contributed by atoms with Crippen LogP contribution in [0.5, 0.6) is 0 Å². The first-order chi connectivity index (χ1) is 6.58. The molecule has 1 heterocycles. The van der Waals surface area contributed by atoms with Crippen molar-refractivity contribution >= 4 is 17.3 Å². The number of carbonyl (C=O) groups is 1. The average Bonchev–Trinajstić information content (AvgIpc) is 2.47. The second-order valence-electron chi connectivity index (χ2n) is 3.24. The maximum atomic E-state index is 10.4. The van der Waals surface area contributed by atoms with E-state index in [1.807, 2.05) is 19.2 Å². The van der Waals surface area contributed by atoms with Crippen LogP contribution in [-0.2, 0) is 11.3 Å². The molecule has 2 N–H and O–H groups in total. The van der Waals surface area contributed by atoms with E-state index in [2.05, 4.69) is 10.3 Å². The molecule has 0 saturated carbocycles. The van der Waals surface area contributed by atoms with Gasteiger partial charge >= 0.3 is 5.97 Å². The van der Waals surface area contributed by atoms with E-state index in [0.29, 0.717) is 6.54 Å². The first-order valence-corrected chi connectivity index (χ1v) is 5.32. The molecular formula is C9H14N2O2S. The normalized spacial score (nSPS) is 12.7. The molecule has 0 saturated heterocycles. The highest BCUT2D eigenvalue weighted by Crippen LogP contribution is 2.07. The van der Waals surface area contributed by atoms with Gasteiger partial charge in [-0.25, -0.2) is 4.98 Å². The number of hydrogen-bond acceptors (Lipinski definition) is 4. The highest BCUT2D eigenvalue weighted by molar-refractivity contribution is 7.09. The number of carboxylic acids is 1. The molecule has 0 aliphatic rings. The first kappa shape index (κ1) is 11.1. The van der Waals surface area contributed by atoms with Gasteiger partial charge in [-0.1, -0.05) is 0 Å². The molecule has 14 heavy (non-hydrogen) atoms. The maximum absolute atomic E-state index is 10.4. The number of hydrogen-bond donors (Lipinski definition) is 2. The molecule has 0 aliphatic carbocycles. The Kier molecular flexibility index (Phi) is 4.03. The monoisotopic (exact) mass is 214 g/mol. The average molecular weight is 214 g/mol. The number of aliphatic carboxylic acids is 1. The summed E-state index contributed by atoms with van der Waals surface area (Å²) >= 11 is 1.60. The fourth-order valence-corrected chi connectivity index (χ4v) is 1.71. The minimum atomic E-state index is -0.778. The van der Waals surface area contributed by atoms with E-state index in [4.69, 9.17) is 5.11 Å². The summed E-state index contributed by atoms with van der Waals surface area (Å²) in [6.07, 6.45) is 0.142. The van der Waals surface area contributed by atoms with Crippen molar-refractivity contribution in [1.82, 2.24) is 10.3 Å². The Morgan fingerprint density at radius 1 is 1.79 bits per heavy atom. The van der Waals surface area contributed by atoms with Crippen LogP contribution in [0.4, 0.5) is 0 Å². The predicted octanol–water partition coefficient (Wildman–Crippen LogP) is 1.40. The van der Waals surface area contributed by atoms with Gasteiger partial charge in [0.25, 0.3) is 0 Å². The Morgan fingerprint density at radius 2 is 2.50 bits per heavy atom. The SMILES string of the molecule is Cc1nc(CNC(C)CC(=O)O)cs1. The van der Waals surface area contributed by atoms with Crippen LogP contribution in [0.25, 0.3) is 0 Å². The summed E-state index contributed by atoms with van der Waals surface area (Å²) in [7, 11) is 0. The van der Waals surface area contributed by atoms with E-state index in [0.717, 1.165) is 10.7 Å². The zero-order valence-electron chi connectivity index (χ0n) is 8.28. The summed E-state index contributed by atoms with van der Waals surface area (Å²) in [6.45, 7) is 4.45. The zero-order chi connectivity index (χ0) is 10.6. The quantitative estimate of drug-likeness (QED) is 0.777. The predicted molar refractivity (Wildman–Crippen MR) is 55.4 cm³/mol. The second-order valence-corrected chi connectivity index (χ2v) is 4.30. The summed E-state index contributed by atoms with van der Waals surface area (Å²) in [5, 5.41) is 14.7. The molecule has 1 unspecified atom stereocenters. The Labute approximate surface area is 87.0 Å². The van der Waals surface area contributed by atoms with Crippen LogP contribution in [0.2, 0.25) is 0 Å². The van der Waals surface area contributed by atoms with Gasteiger partial charge in [-0.2, -0.15) is 0 Å². The topological polar surface area (TPSA) is 62.2 Å². The van der Waals surface area contributed by atoms with Gasteiger partial charge in [0.1, 0.15) is 0 Å². The van der Waals surface area contributed by atoms with Gasteiger partial charge in [0.15, 0.2) is 0 Å². The van der Waals surface area contributed by atoms with Crippen molar-refractivity contribution in [3.63, 3.8) is 0 Å². The van der Waals surface area contributed by atoms with E-state index < -0.39 is 5.97 Å². The molecule has 0 aromatic carbocycles. The number of nitrogens with zero attached hydrogens (tertiary/aromatic N) is 1. The molecular weight excluding hydrogens is 200 g/mol. The summed E-state index contributed by atoms with van der Waals surface area (Å²) in [6, 6.07) is -0.0190. The molecule has 0 spiro atoms. The largest absolute Gasteiger partial charge is 0.481 e. The molecule has 1 aromatic heterocycles. The van der Waals surface area contributed by atoms with Gasteiger partial charge in [-0.05, 0) is 13.8 Å². The Morgan fingerprint density at radius 3 is 3.00 bits per heavy atom. The lowest BCUT2D eigenvalue weighted by Crippen LogP contribution is -2.28. The van der Waals surface area contributed by atoms with Crippen molar-refractivity contribution in [2.75, 3.05) is 0 Å². The summed E-state index contributed by atoms with van der Waals surface area (Å²) in [5.41, 5.74) is 0.977. The van der Waals surface area contributed by atoms with Crippen LogP contribution >= 0.6 is 11.3 Å². The molecule has 1 rings (SSSR count). The molecule has 1 atom stereocenters. The molecule has 1 aromatic rings. The van der Waals surface area contributed by atoms with Crippen LogP contribution in [0.1, 0.15) is 24.0 Å². The zero-order valence-corrected chi connectivity index (χ0v) is 9.10. The van der Waals surface area contributed by atoms with Crippen LogP contribution < -0.4 is 5.32 Å². The van der Waals surface area contributed by atoms with E-state index in [1.165, 1.54) is 0 Å². The van der Waals surface area contributed by atoms with Gasteiger partial charge < -0.3 is 10.4 Å². The second kappa shape index (κ2) is 5.07. The van der Waals surface area contributed by atoms with Gasteiger partial charge in [-0.15, -0.1) is 11.3 Å². The van der Waals surface area contributed by atoms with Gasteiger partial charge in [0.05, 0.1) is 17.1 Å². The van der Waals surface area contributed by atoms with E-state index in [-0.39, 0.29) is 12.5 Å². The molecule has 0 aliphatic heterocycles. The van der Waals surface area contributed by atoms with Crippen molar-refractivity contribution in [1.29, 1.82) is 0 Å². The Balaban J connectivity index is 2.30. The van der Waals surface area contributed by atoms with Crippen molar-refractivity contribution in [3.05, 3.63) is 16.1 Å². The summed E-state index contributed by atoms with van der Waals surface area (Å²) < 4.78 is 0. The van der Waals surface area contributed by atoms with E-state index in [9.17, 15) is 4.79 Å². The molecule has 0 amide bonds. The number of aryl methyl sites for hydroxylation is 1. The van der Waals surface area contributed by atoms with E-state index in [1.54, 1.807) is 11.3 Å². The van der Waals surface area contributed by atoms with E-state index >= 15 is 0 Å². The minimum absolute atomic E-state index is 0.0190. The Hall–Kier alpha value is -0.940. The third kappa shape index (κ3) is 3.85. The van der Waals surface area contributed by atoms with Gasteiger partial charge in [0, 0.05) is 18.0 Å². The van der Waals surface area contributed by atoms with Crippen molar-refractivity contribution in [3.8, 4) is 0 Å². The standard InChI is InChI=1S/C9H14N2O2S/c1-6(3-9(12)13)10-4-8-5-14-7(2)11-8/h5-6,10H,3-4H2,1-2H3,(H,12,13). The van der Waals surface area contributed by atoms with Crippen LogP contribution in [-0.4, -0.2) is 22.1 Å². The van der Waals surface area contributed by atoms with Crippen molar-refractivity contribution < 1.29 is 9.90 Å². The Bertz CT molecular complexity index is 312. The highest BCUT2D eigenvalue weighted by Gasteiger charge is 2.07. The molecule has 0 fully saturated rings. The summed E-state index contributed by atoms with van der Waals surface area (Å²) in [5.74, 6) is -0.778. The van der Waals surface area contributed by atoms with Crippen molar-refractivity contribution in [2.45, 2.75) is 32.9 Å². The molecule has 4 nitrogen and oxygen atoms in total. The van der Waals surface area contributed by atoms with Gasteiger partial charge in [0.2, 0.25) is 0 Å². The third-order valence-electron chi connectivity index (χ3n) is 1.78. The van der Waals surface area contributed by atoms with Crippen LogP contribution in [0.3, 0.4) is 0 Å². The number of nitrogens with one attached hydrogen (secondary N) is 1. The molecule has 0 radical (unpaired) electrons. The molecule has 5 heteroatoms. The number of thiazole rings is 1. The number of rotatable bonds is 5. The lowest BCUT2D eigenvalue weighted by atomic mass is 10.2. The minimum Gasteiger partial charge on any atom is -0.481 e. The lowest BCUT2D eigenvalue weighted by Gasteiger charge is -2.09. The maximum Gasteiger partial charge on any atom is 0.304 e. The van der Waals surface area contributed by atoms with Gasteiger partial charge in [-0.3, -0.25) is 4.79 Å². The van der Waals surface area contributed by atoms with Crippen LogP contribution in [0, 0.1) is 6.92 Å². The molecule has 0 bridgehead atoms. The first-order valence-electron chi connectivity index (χ1n) is 4.44. The number of carboxylic acid groups (broad SMARTS) is 1. The summed E-state index contributed by atoms with van der Waals surface area (Å²) in [4.78, 5) is 14.6. The van der Waals surface area contributed by atoms with Crippen LogP contribution in [0.15, 0.2) is 5.38 Å². The fourth-order valence-electron chi connectivity index (χ4n) is 1.10. The molecule has 78 valence electrons. The van der Waals surface area contributed by atoms with Crippen molar-refractivity contribution in [2.24, 2.45) is 0 Å².